The molecule has 1 aromatic heterocycles. The van der Waals surface area contributed by atoms with E-state index in [1.165, 1.54) is 23.5 Å². The first-order chi connectivity index (χ1) is 8.97. The van der Waals surface area contributed by atoms with E-state index in [9.17, 15) is 9.18 Å². The van der Waals surface area contributed by atoms with Gasteiger partial charge in [0.25, 0.3) is 0 Å². The lowest BCUT2D eigenvalue weighted by Crippen LogP contribution is -2.25. The molecule has 0 spiro atoms. The largest absolute Gasteiger partial charge is 0.367 e. The van der Waals surface area contributed by atoms with Gasteiger partial charge in [-0.2, -0.15) is 0 Å². The van der Waals surface area contributed by atoms with Crippen molar-refractivity contribution in [1.29, 1.82) is 0 Å². The molecule has 0 radical (unpaired) electrons. The number of halogens is 3. The number of benzene rings is 1. The Morgan fingerprint density at radius 3 is 2.47 bits per heavy atom. The number of hydrogen-bond donors (Lipinski definition) is 0. The summed E-state index contributed by atoms with van der Waals surface area (Å²) in [4.78, 5) is 14.0. The molecule has 0 saturated heterocycles. The van der Waals surface area contributed by atoms with Crippen LogP contribution in [0, 0.1) is 5.82 Å². The van der Waals surface area contributed by atoms with Crippen LogP contribution in [-0.2, 0) is 0 Å². The van der Waals surface area contributed by atoms with Crippen LogP contribution in [0.4, 0.5) is 10.1 Å². The van der Waals surface area contributed by atoms with E-state index >= 15 is 0 Å². The van der Waals surface area contributed by atoms with Crippen LogP contribution in [0.3, 0.4) is 0 Å². The lowest BCUT2D eigenvalue weighted by atomic mass is 10.2. The fraction of sp³-hybridized carbons (Fsp3) is 0.154. The highest BCUT2D eigenvalue weighted by atomic mass is 79.9. The molecule has 2 nitrogen and oxygen atoms in total. The van der Waals surface area contributed by atoms with Gasteiger partial charge in [0, 0.05) is 18.3 Å². The van der Waals surface area contributed by atoms with E-state index in [0.29, 0.717) is 5.56 Å². The van der Waals surface area contributed by atoms with Crippen molar-refractivity contribution in [2.75, 3.05) is 18.5 Å². The summed E-state index contributed by atoms with van der Waals surface area (Å²) in [6.45, 7) is 0.243. The number of carbonyl (C=O) groups is 1. The molecule has 1 aromatic carbocycles. The van der Waals surface area contributed by atoms with Crippen molar-refractivity contribution in [3.05, 3.63) is 49.3 Å². The average Bonchev–Trinajstić information content (AvgIpc) is 2.69. The van der Waals surface area contributed by atoms with E-state index in [4.69, 9.17) is 0 Å². The molecule has 0 atom stereocenters. The zero-order chi connectivity index (χ0) is 14.0. The first kappa shape index (κ1) is 14.7. The van der Waals surface area contributed by atoms with Gasteiger partial charge in [0.15, 0.2) is 5.78 Å². The van der Waals surface area contributed by atoms with Gasteiger partial charge in [-0.05, 0) is 62.2 Å². The van der Waals surface area contributed by atoms with Crippen LogP contribution in [0.1, 0.15) is 10.4 Å². The van der Waals surface area contributed by atoms with Crippen molar-refractivity contribution in [2.45, 2.75) is 0 Å². The van der Waals surface area contributed by atoms with Gasteiger partial charge in [0.05, 0.1) is 14.1 Å². The number of carbonyl (C=O) groups excluding carboxylic acids is 1. The summed E-state index contributed by atoms with van der Waals surface area (Å²) in [6, 6.07) is 7.87. The van der Waals surface area contributed by atoms with Crippen molar-refractivity contribution >= 4 is 54.7 Å². The normalized spacial score (nSPS) is 10.5. The van der Waals surface area contributed by atoms with Crippen molar-refractivity contribution in [1.82, 2.24) is 0 Å². The molecule has 2 rings (SSSR count). The Morgan fingerprint density at radius 1 is 1.32 bits per heavy atom. The van der Waals surface area contributed by atoms with E-state index in [2.05, 4.69) is 31.9 Å². The van der Waals surface area contributed by atoms with Gasteiger partial charge in [-0.3, -0.25) is 4.79 Å². The van der Waals surface area contributed by atoms with Gasteiger partial charge >= 0.3 is 0 Å². The minimum Gasteiger partial charge on any atom is -0.367 e. The zero-order valence-corrected chi connectivity index (χ0v) is 14.0. The number of nitrogens with zero attached hydrogens (tertiary/aromatic N) is 1. The third-order valence-corrected chi connectivity index (χ3v) is 4.94. The number of hydrogen-bond acceptors (Lipinski definition) is 3. The molecule has 0 saturated carbocycles. The fourth-order valence-corrected chi connectivity index (χ4v) is 4.47. The number of ketones is 1. The van der Waals surface area contributed by atoms with Gasteiger partial charge in [-0.25, -0.2) is 4.39 Å². The zero-order valence-electron chi connectivity index (χ0n) is 9.99. The van der Waals surface area contributed by atoms with Crippen LogP contribution in [0.2, 0.25) is 0 Å². The molecule has 0 aliphatic rings. The average molecular weight is 407 g/mol. The van der Waals surface area contributed by atoms with Crippen LogP contribution in [0.5, 0.6) is 0 Å². The summed E-state index contributed by atoms with van der Waals surface area (Å²) in [6.07, 6.45) is 0. The highest BCUT2D eigenvalue weighted by Gasteiger charge is 2.15. The molecule has 0 aliphatic carbocycles. The van der Waals surface area contributed by atoms with Crippen LogP contribution in [0.15, 0.2) is 37.9 Å². The van der Waals surface area contributed by atoms with Gasteiger partial charge in [0.2, 0.25) is 0 Å². The first-order valence-electron chi connectivity index (χ1n) is 5.42. The monoisotopic (exact) mass is 405 g/mol. The molecule has 2 aromatic rings. The predicted octanol–water partition coefficient (Wildman–Crippen LogP) is 4.73. The Kier molecular flexibility index (Phi) is 4.76. The number of anilines is 1. The Morgan fingerprint density at radius 2 is 1.95 bits per heavy atom. The molecule has 0 N–H and O–H groups in total. The minimum absolute atomic E-state index is 0.0145. The van der Waals surface area contributed by atoms with Gasteiger partial charge in [0.1, 0.15) is 5.82 Å². The molecule has 19 heavy (non-hydrogen) atoms. The van der Waals surface area contributed by atoms with Crippen LogP contribution in [0.25, 0.3) is 0 Å². The Hall–Kier alpha value is -0.720. The van der Waals surface area contributed by atoms with Crippen molar-refractivity contribution in [3.63, 3.8) is 0 Å². The molecule has 6 heteroatoms. The van der Waals surface area contributed by atoms with Crippen molar-refractivity contribution in [2.24, 2.45) is 0 Å². The molecule has 0 amide bonds. The maximum Gasteiger partial charge on any atom is 0.184 e. The summed E-state index contributed by atoms with van der Waals surface area (Å²) in [7, 11) is 1.81. The molecule has 1 heterocycles. The Labute approximate surface area is 131 Å². The van der Waals surface area contributed by atoms with Crippen LogP contribution >= 0.6 is 43.2 Å². The van der Waals surface area contributed by atoms with E-state index in [-0.39, 0.29) is 18.1 Å². The SMILES string of the molecule is CN(CC(=O)c1cc(Br)sc1Br)c1ccc(F)cc1. The summed E-state index contributed by atoms with van der Waals surface area (Å²) < 4.78 is 14.6. The highest BCUT2D eigenvalue weighted by molar-refractivity contribution is 9.12. The molecular formula is C13H10Br2FNOS. The molecule has 0 fully saturated rings. The first-order valence-corrected chi connectivity index (χ1v) is 7.82. The fourth-order valence-electron chi connectivity index (χ4n) is 1.62. The van der Waals surface area contributed by atoms with E-state index < -0.39 is 0 Å². The maximum absolute atomic E-state index is 12.8. The lowest BCUT2D eigenvalue weighted by Gasteiger charge is -2.18. The number of Topliss-reactive ketones (excluding diaryl/α,β-unsaturated/α-hetero) is 1. The summed E-state index contributed by atoms with van der Waals surface area (Å²) in [5.74, 6) is -0.270. The quantitative estimate of drug-likeness (QED) is 0.684. The summed E-state index contributed by atoms with van der Waals surface area (Å²) in [5.41, 5.74) is 1.46. The minimum atomic E-state index is -0.284. The van der Waals surface area contributed by atoms with Gasteiger partial charge in [-0.15, -0.1) is 11.3 Å². The van der Waals surface area contributed by atoms with Gasteiger partial charge < -0.3 is 4.90 Å². The lowest BCUT2D eigenvalue weighted by molar-refractivity contribution is 0.1000. The second kappa shape index (κ2) is 6.15. The third kappa shape index (κ3) is 3.64. The molecule has 0 bridgehead atoms. The van der Waals surface area contributed by atoms with Gasteiger partial charge in [-0.1, -0.05) is 0 Å². The molecule has 0 aliphatic heterocycles. The third-order valence-electron chi connectivity index (χ3n) is 2.61. The summed E-state index contributed by atoms with van der Waals surface area (Å²) >= 11 is 8.19. The standard InChI is InChI=1S/C13H10Br2FNOS/c1-17(9-4-2-8(16)3-5-9)7-11(18)10-6-12(14)19-13(10)15/h2-6H,7H2,1H3. The van der Waals surface area contributed by atoms with E-state index in [1.807, 2.05) is 0 Å². The molecular weight excluding hydrogens is 397 g/mol. The summed E-state index contributed by atoms with van der Waals surface area (Å²) in [5, 5.41) is 0. The topological polar surface area (TPSA) is 20.3 Å². The molecule has 100 valence electrons. The van der Waals surface area contributed by atoms with Crippen molar-refractivity contribution < 1.29 is 9.18 Å². The number of thiophene rings is 1. The predicted molar refractivity (Wildman–Crippen MR) is 83.7 cm³/mol. The second-order valence-electron chi connectivity index (χ2n) is 3.99. The highest BCUT2D eigenvalue weighted by Crippen LogP contribution is 2.32. The Balaban J connectivity index is 2.10. The molecule has 0 unspecified atom stereocenters. The Bertz CT molecular complexity index is 597. The van der Waals surface area contributed by atoms with Crippen molar-refractivity contribution in [3.8, 4) is 0 Å². The van der Waals surface area contributed by atoms with E-state index in [0.717, 1.165) is 13.3 Å². The van der Waals surface area contributed by atoms with E-state index in [1.54, 1.807) is 30.1 Å². The van der Waals surface area contributed by atoms with Crippen LogP contribution < -0.4 is 4.90 Å². The smallest absolute Gasteiger partial charge is 0.184 e. The number of rotatable bonds is 4. The van der Waals surface area contributed by atoms with Crippen LogP contribution in [-0.4, -0.2) is 19.4 Å². The second-order valence-corrected chi connectivity index (χ2v) is 7.74. The number of likely N-dealkylation sites (N-methyl/N-ethyl adjacent to an activating group) is 1. The maximum atomic E-state index is 12.8.